The first kappa shape index (κ1) is 15.0. The van der Waals surface area contributed by atoms with Crippen molar-refractivity contribution in [1.29, 1.82) is 0 Å². The number of sulfonamides is 1. The lowest BCUT2D eigenvalue weighted by atomic mass is 10.0. The van der Waals surface area contributed by atoms with E-state index in [2.05, 4.69) is 4.72 Å². The topological polar surface area (TPSA) is 63.2 Å². The molecule has 20 heavy (non-hydrogen) atoms. The summed E-state index contributed by atoms with van der Waals surface area (Å²) in [6.07, 6.45) is 5.86. The highest BCUT2D eigenvalue weighted by molar-refractivity contribution is 7.90. The molecule has 0 bridgehead atoms. The summed E-state index contributed by atoms with van der Waals surface area (Å²) in [4.78, 5) is 12.0. The van der Waals surface area contributed by atoms with E-state index >= 15 is 0 Å². The molecule has 0 spiro atoms. The van der Waals surface area contributed by atoms with Crippen LogP contribution in [0.15, 0.2) is 29.2 Å². The van der Waals surface area contributed by atoms with Crippen LogP contribution < -0.4 is 4.72 Å². The first-order valence-corrected chi connectivity index (χ1v) is 8.58. The first-order valence-electron chi connectivity index (χ1n) is 7.10. The van der Waals surface area contributed by atoms with Crippen molar-refractivity contribution in [2.75, 3.05) is 0 Å². The average Bonchev–Trinajstić information content (AvgIpc) is 2.89. The molecular formula is C15H21NO3S. The molecular weight excluding hydrogens is 274 g/mol. The van der Waals surface area contributed by atoms with Crippen molar-refractivity contribution in [3.8, 4) is 0 Å². The number of benzene rings is 1. The Bertz CT molecular complexity index is 575. The summed E-state index contributed by atoms with van der Waals surface area (Å²) < 4.78 is 26.4. The summed E-state index contributed by atoms with van der Waals surface area (Å²) in [6.45, 7) is 1.72. The van der Waals surface area contributed by atoms with Gasteiger partial charge in [0.2, 0.25) is 5.91 Å². The Kier molecular flexibility index (Phi) is 4.81. The van der Waals surface area contributed by atoms with Crippen LogP contribution in [0.25, 0.3) is 0 Å². The number of aryl methyl sites for hydroxylation is 1. The molecule has 1 aromatic rings. The Balaban J connectivity index is 1.94. The van der Waals surface area contributed by atoms with Crippen LogP contribution in [0.1, 0.15) is 44.1 Å². The van der Waals surface area contributed by atoms with Crippen LogP contribution in [-0.2, 0) is 14.8 Å². The second-order valence-corrected chi connectivity index (χ2v) is 7.13. The minimum absolute atomic E-state index is 0.175. The largest absolute Gasteiger partial charge is 0.274 e. The van der Waals surface area contributed by atoms with Gasteiger partial charge in [-0.05, 0) is 30.9 Å². The smallest absolute Gasteiger partial charge is 0.264 e. The van der Waals surface area contributed by atoms with Crippen molar-refractivity contribution in [1.82, 2.24) is 4.72 Å². The van der Waals surface area contributed by atoms with Gasteiger partial charge in [0.25, 0.3) is 10.0 Å². The van der Waals surface area contributed by atoms with E-state index < -0.39 is 15.9 Å². The second-order valence-electron chi connectivity index (χ2n) is 5.48. The summed E-state index contributed by atoms with van der Waals surface area (Å²) in [7, 11) is -3.74. The molecule has 0 aliphatic heterocycles. The number of nitrogens with one attached hydrogen (secondary N) is 1. The summed E-state index contributed by atoms with van der Waals surface area (Å²) in [5.41, 5.74) is 0.642. The molecule has 5 heteroatoms. The SMILES string of the molecule is Cc1ccccc1S(=O)(=O)NC(=O)CCC1CCCC1. The zero-order valence-electron chi connectivity index (χ0n) is 11.8. The van der Waals surface area contributed by atoms with Gasteiger partial charge in [-0.3, -0.25) is 4.79 Å². The highest BCUT2D eigenvalue weighted by Gasteiger charge is 2.21. The van der Waals surface area contributed by atoms with Gasteiger partial charge in [0, 0.05) is 6.42 Å². The fourth-order valence-electron chi connectivity index (χ4n) is 2.75. The maximum absolute atomic E-state index is 12.1. The van der Waals surface area contributed by atoms with Crippen molar-refractivity contribution in [3.05, 3.63) is 29.8 Å². The fourth-order valence-corrected chi connectivity index (χ4v) is 4.01. The standard InChI is InChI=1S/C15H21NO3S/c1-12-6-2-5-9-14(12)20(18,19)16-15(17)11-10-13-7-3-4-8-13/h2,5-6,9,13H,3-4,7-8,10-11H2,1H3,(H,16,17). The number of rotatable bonds is 5. The minimum atomic E-state index is -3.74. The second kappa shape index (κ2) is 6.39. The van der Waals surface area contributed by atoms with Gasteiger partial charge in [-0.2, -0.15) is 0 Å². The van der Waals surface area contributed by atoms with Crippen molar-refractivity contribution < 1.29 is 13.2 Å². The Hall–Kier alpha value is -1.36. The molecule has 0 heterocycles. The van der Waals surface area contributed by atoms with E-state index in [1.165, 1.54) is 18.9 Å². The van der Waals surface area contributed by atoms with Crippen molar-refractivity contribution in [3.63, 3.8) is 0 Å². The van der Waals surface area contributed by atoms with Gasteiger partial charge in [0.1, 0.15) is 0 Å². The number of hydrogen-bond donors (Lipinski definition) is 1. The molecule has 1 N–H and O–H groups in total. The van der Waals surface area contributed by atoms with Crippen molar-refractivity contribution in [2.45, 2.75) is 50.3 Å². The molecule has 1 aliphatic rings. The van der Waals surface area contributed by atoms with Crippen LogP contribution in [-0.4, -0.2) is 14.3 Å². The zero-order valence-corrected chi connectivity index (χ0v) is 12.6. The van der Waals surface area contributed by atoms with E-state index in [9.17, 15) is 13.2 Å². The maximum Gasteiger partial charge on any atom is 0.264 e. The van der Waals surface area contributed by atoms with E-state index in [1.807, 2.05) is 0 Å². The van der Waals surface area contributed by atoms with Crippen molar-refractivity contribution >= 4 is 15.9 Å². The summed E-state index contributed by atoms with van der Waals surface area (Å²) in [6, 6.07) is 6.67. The van der Waals surface area contributed by atoms with Gasteiger partial charge in [0.05, 0.1) is 4.90 Å². The van der Waals surface area contributed by atoms with Gasteiger partial charge >= 0.3 is 0 Å². The Morgan fingerprint density at radius 3 is 2.55 bits per heavy atom. The quantitative estimate of drug-likeness (QED) is 0.908. The van der Waals surface area contributed by atoms with Crippen LogP contribution >= 0.6 is 0 Å². The highest BCUT2D eigenvalue weighted by Crippen LogP contribution is 2.28. The molecule has 4 nitrogen and oxygen atoms in total. The third-order valence-electron chi connectivity index (χ3n) is 3.89. The average molecular weight is 295 g/mol. The molecule has 1 fully saturated rings. The molecule has 1 saturated carbocycles. The molecule has 1 amide bonds. The van der Waals surface area contributed by atoms with Crippen LogP contribution in [0.2, 0.25) is 0 Å². The highest BCUT2D eigenvalue weighted by atomic mass is 32.2. The van der Waals surface area contributed by atoms with Gasteiger partial charge in [0.15, 0.2) is 0 Å². The fraction of sp³-hybridized carbons (Fsp3) is 0.533. The lowest BCUT2D eigenvalue weighted by Gasteiger charge is -2.11. The summed E-state index contributed by atoms with van der Waals surface area (Å²) >= 11 is 0. The van der Waals surface area contributed by atoms with E-state index in [0.717, 1.165) is 19.3 Å². The molecule has 0 aromatic heterocycles. The third kappa shape index (κ3) is 3.82. The van der Waals surface area contributed by atoms with Crippen LogP contribution in [0.4, 0.5) is 0 Å². The normalized spacial score (nSPS) is 16.2. The maximum atomic E-state index is 12.1. The third-order valence-corrected chi connectivity index (χ3v) is 5.42. The molecule has 0 saturated heterocycles. The van der Waals surface area contributed by atoms with E-state index in [0.29, 0.717) is 11.5 Å². The van der Waals surface area contributed by atoms with E-state index in [-0.39, 0.29) is 11.3 Å². The number of carbonyl (C=O) groups excluding carboxylic acids is 1. The molecule has 0 radical (unpaired) electrons. The summed E-state index contributed by atoms with van der Waals surface area (Å²) in [5, 5.41) is 0. The van der Waals surface area contributed by atoms with Gasteiger partial charge in [-0.15, -0.1) is 0 Å². The van der Waals surface area contributed by atoms with E-state index in [1.54, 1.807) is 25.1 Å². The Morgan fingerprint density at radius 1 is 1.25 bits per heavy atom. The molecule has 110 valence electrons. The lowest BCUT2D eigenvalue weighted by molar-refractivity contribution is -0.119. The zero-order chi connectivity index (χ0) is 14.6. The molecule has 0 unspecified atom stereocenters. The van der Waals surface area contributed by atoms with Gasteiger partial charge in [-0.1, -0.05) is 43.9 Å². The van der Waals surface area contributed by atoms with Crippen LogP contribution in [0.3, 0.4) is 0 Å². The number of amides is 1. The van der Waals surface area contributed by atoms with Gasteiger partial charge in [-0.25, -0.2) is 13.1 Å². The molecule has 1 aliphatic carbocycles. The minimum Gasteiger partial charge on any atom is -0.274 e. The Morgan fingerprint density at radius 2 is 1.90 bits per heavy atom. The van der Waals surface area contributed by atoms with Crippen LogP contribution in [0.5, 0.6) is 0 Å². The Labute approximate surface area is 120 Å². The lowest BCUT2D eigenvalue weighted by Crippen LogP contribution is -2.31. The molecule has 2 rings (SSSR count). The van der Waals surface area contributed by atoms with Gasteiger partial charge < -0.3 is 0 Å². The van der Waals surface area contributed by atoms with E-state index in [4.69, 9.17) is 0 Å². The monoisotopic (exact) mass is 295 g/mol. The predicted octanol–water partition coefficient (Wildman–Crippen LogP) is 2.77. The first-order chi connectivity index (χ1) is 9.49. The summed E-state index contributed by atoms with van der Waals surface area (Å²) in [5.74, 6) is 0.182. The number of hydrogen-bond acceptors (Lipinski definition) is 3. The van der Waals surface area contributed by atoms with Crippen LogP contribution in [0, 0.1) is 12.8 Å². The van der Waals surface area contributed by atoms with Crippen molar-refractivity contribution in [2.24, 2.45) is 5.92 Å². The predicted molar refractivity (Wildman–Crippen MR) is 77.7 cm³/mol. The molecule has 1 aromatic carbocycles. The molecule has 0 atom stereocenters. The number of carbonyl (C=O) groups is 1.